The Morgan fingerprint density at radius 2 is 1.94 bits per heavy atom. The standard InChI is InChI=1S/C14H25NO3/c1-10(2)11-6-5-7-15(11)12(16)8-14(3,4)9-13(17)18/h10-11H,5-9H2,1-4H3,(H,17,18)/t11-/m0/s1. The summed E-state index contributed by atoms with van der Waals surface area (Å²) >= 11 is 0. The molecule has 1 heterocycles. The summed E-state index contributed by atoms with van der Waals surface area (Å²) in [5.41, 5.74) is -0.465. The predicted molar refractivity (Wildman–Crippen MR) is 70.2 cm³/mol. The molecule has 1 N–H and O–H groups in total. The van der Waals surface area contributed by atoms with Crippen LogP contribution in [0.4, 0.5) is 0 Å². The number of carbonyl (C=O) groups is 2. The monoisotopic (exact) mass is 255 g/mol. The van der Waals surface area contributed by atoms with Crippen LogP contribution < -0.4 is 0 Å². The van der Waals surface area contributed by atoms with Gasteiger partial charge in [0.1, 0.15) is 0 Å². The van der Waals surface area contributed by atoms with Crippen LogP contribution in [-0.4, -0.2) is 34.5 Å². The minimum atomic E-state index is -0.838. The minimum Gasteiger partial charge on any atom is -0.481 e. The lowest BCUT2D eigenvalue weighted by Gasteiger charge is -2.31. The average molecular weight is 255 g/mol. The molecular weight excluding hydrogens is 230 g/mol. The summed E-state index contributed by atoms with van der Waals surface area (Å²) in [6, 6.07) is 0.332. The molecule has 0 aromatic carbocycles. The van der Waals surface area contributed by atoms with Crippen molar-refractivity contribution in [2.45, 2.75) is 59.4 Å². The zero-order chi connectivity index (χ0) is 13.9. The molecule has 1 aliphatic heterocycles. The number of amides is 1. The number of rotatable bonds is 5. The fraction of sp³-hybridized carbons (Fsp3) is 0.857. The van der Waals surface area contributed by atoms with Crippen LogP contribution in [0.2, 0.25) is 0 Å². The van der Waals surface area contributed by atoms with Gasteiger partial charge < -0.3 is 10.0 Å². The fourth-order valence-corrected chi connectivity index (χ4v) is 2.78. The number of carboxylic acids is 1. The van der Waals surface area contributed by atoms with E-state index >= 15 is 0 Å². The molecule has 4 nitrogen and oxygen atoms in total. The van der Waals surface area contributed by atoms with Crippen LogP contribution in [0.15, 0.2) is 0 Å². The van der Waals surface area contributed by atoms with E-state index in [-0.39, 0.29) is 12.3 Å². The van der Waals surface area contributed by atoms with Gasteiger partial charge in [0.15, 0.2) is 0 Å². The van der Waals surface area contributed by atoms with Crippen molar-refractivity contribution in [1.29, 1.82) is 0 Å². The number of aliphatic carboxylic acids is 1. The van der Waals surface area contributed by atoms with Crippen molar-refractivity contribution in [3.8, 4) is 0 Å². The van der Waals surface area contributed by atoms with Gasteiger partial charge in [-0.25, -0.2) is 0 Å². The first-order valence-electron chi connectivity index (χ1n) is 6.74. The normalized spacial score (nSPS) is 20.5. The van der Waals surface area contributed by atoms with Gasteiger partial charge in [-0.3, -0.25) is 9.59 Å². The molecular formula is C14H25NO3. The molecule has 0 aliphatic carbocycles. The third kappa shape index (κ3) is 4.00. The van der Waals surface area contributed by atoms with Gasteiger partial charge in [-0.2, -0.15) is 0 Å². The van der Waals surface area contributed by atoms with E-state index in [0.29, 0.717) is 18.4 Å². The van der Waals surface area contributed by atoms with E-state index in [9.17, 15) is 9.59 Å². The molecule has 1 fully saturated rings. The Hall–Kier alpha value is -1.06. The third-order valence-electron chi connectivity index (χ3n) is 3.65. The number of hydrogen-bond acceptors (Lipinski definition) is 2. The fourth-order valence-electron chi connectivity index (χ4n) is 2.78. The Morgan fingerprint density at radius 1 is 1.33 bits per heavy atom. The van der Waals surface area contributed by atoms with Crippen molar-refractivity contribution < 1.29 is 14.7 Å². The molecule has 4 heteroatoms. The highest BCUT2D eigenvalue weighted by atomic mass is 16.4. The second-order valence-electron chi connectivity index (χ2n) is 6.45. The lowest BCUT2D eigenvalue weighted by molar-refractivity contribution is -0.141. The zero-order valence-corrected chi connectivity index (χ0v) is 11.9. The van der Waals surface area contributed by atoms with E-state index in [1.807, 2.05) is 18.7 Å². The van der Waals surface area contributed by atoms with Crippen molar-refractivity contribution in [2.75, 3.05) is 6.54 Å². The molecule has 1 saturated heterocycles. The topological polar surface area (TPSA) is 57.6 Å². The third-order valence-corrected chi connectivity index (χ3v) is 3.65. The smallest absolute Gasteiger partial charge is 0.303 e. The summed E-state index contributed by atoms with van der Waals surface area (Å²) in [5.74, 6) is -0.258. The van der Waals surface area contributed by atoms with E-state index < -0.39 is 11.4 Å². The maximum atomic E-state index is 12.3. The molecule has 0 spiro atoms. The van der Waals surface area contributed by atoms with Crippen molar-refractivity contribution in [2.24, 2.45) is 11.3 Å². The second-order valence-corrected chi connectivity index (χ2v) is 6.45. The molecule has 1 amide bonds. The molecule has 0 radical (unpaired) electrons. The second kappa shape index (κ2) is 5.72. The van der Waals surface area contributed by atoms with Gasteiger partial charge in [-0.15, -0.1) is 0 Å². The average Bonchev–Trinajstić information content (AvgIpc) is 2.61. The summed E-state index contributed by atoms with van der Waals surface area (Å²) in [6.45, 7) is 8.79. The maximum Gasteiger partial charge on any atom is 0.303 e. The van der Waals surface area contributed by atoms with Crippen LogP contribution in [0, 0.1) is 11.3 Å². The van der Waals surface area contributed by atoms with Gasteiger partial charge >= 0.3 is 5.97 Å². The highest BCUT2D eigenvalue weighted by molar-refractivity contribution is 5.78. The molecule has 1 aliphatic rings. The predicted octanol–water partition coefficient (Wildman–Crippen LogP) is 2.52. The van der Waals surface area contributed by atoms with Gasteiger partial charge in [-0.05, 0) is 24.2 Å². The lowest BCUT2D eigenvalue weighted by atomic mass is 9.85. The van der Waals surface area contributed by atoms with E-state index in [1.165, 1.54) is 0 Å². The Balaban J connectivity index is 2.62. The van der Waals surface area contributed by atoms with Crippen LogP contribution in [0.25, 0.3) is 0 Å². The largest absolute Gasteiger partial charge is 0.481 e. The zero-order valence-electron chi connectivity index (χ0n) is 11.9. The minimum absolute atomic E-state index is 0.0406. The first-order chi connectivity index (χ1) is 8.23. The molecule has 0 saturated carbocycles. The van der Waals surface area contributed by atoms with Gasteiger partial charge in [0.2, 0.25) is 5.91 Å². The molecule has 0 aromatic rings. The van der Waals surface area contributed by atoms with Crippen molar-refractivity contribution in [3.63, 3.8) is 0 Å². The van der Waals surface area contributed by atoms with E-state index in [0.717, 1.165) is 19.4 Å². The number of carboxylic acid groups (broad SMARTS) is 1. The molecule has 18 heavy (non-hydrogen) atoms. The molecule has 1 rings (SSSR count). The van der Waals surface area contributed by atoms with E-state index in [4.69, 9.17) is 5.11 Å². The number of hydrogen-bond donors (Lipinski definition) is 1. The molecule has 0 unspecified atom stereocenters. The summed E-state index contributed by atoms with van der Waals surface area (Å²) in [5, 5.41) is 8.84. The van der Waals surface area contributed by atoms with Gasteiger partial charge in [0.05, 0.1) is 6.42 Å². The first kappa shape index (κ1) is 15.0. The number of nitrogens with zero attached hydrogens (tertiary/aromatic N) is 1. The van der Waals surface area contributed by atoms with Gasteiger partial charge in [0.25, 0.3) is 0 Å². The Kier molecular flexibility index (Phi) is 4.77. The number of carbonyl (C=O) groups excluding carboxylic acids is 1. The van der Waals surface area contributed by atoms with Crippen molar-refractivity contribution in [1.82, 2.24) is 4.90 Å². The first-order valence-corrected chi connectivity index (χ1v) is 6.74. The van der Waals surface area contributed by atoms with Crippen LogP contribution >= 0.6 is 0 Å². The Morgan fingerprint density at radius 3 is 2.44 bits per heavy atom. The van der Waals surface area contributed by atoms with Crippen LogP contribution in [0.3, 0.4) is 0 Å². The maximum absolute atomic E-state index is 12.3. The van der Waals surface area contributed by atoms with Gasteiger partial charge in [-0.1, -0.05) is 27.7 Å². The number of likely N-dealkylation sites (tertiary alicyclic amines) is 1. The molecule has 0 aromatic heterocycles. The molecule has 1 atom stereocenters. The molecule has 104 valence electrons. The van der Waals surface area contributed by atoms with Crippen LogP contribution in [0.1, 0.15) is 53.4 Å². The van der Waals surface area contributed by atoms with Crippen molar-refractivity contribution in [3.05, 3.63) is 0 Å². The lowest BCUT2D eigenvalue weighted by Crippen LogP contribution is -2.40. The highest BCUT2D eigenvalue weighted by Crippen LogP contribution is 2.30. The summed E-state index contributed by atoms with van der Waals surface area (Å²) in [4.78, 5) is 25.0. The highest BCUT2D eigenvalue weighted by Gasteiger charge is 2.34. The quantitative estimate of drug-likeness (QED) is 0.821. The Bertz CT molecular complexity index is 323. The Labute approximate surface area is 109 Å². The van der Waals surface area contributed by atoms with Gasteiger partial charge in [0, 0.05) is 19.0 Å². The summed E-state index contributed by atoms with van der Waals surface area (Å²) in [6.07, 6.45) is 2.50. The molecule has 0 bridgehead atoms. The van der Waals surface area contributed by atoms with E-state index in [2.05, 4.69) is 13.8 Å². The summed E-state index contributed by atoms with van der Waals surface area (Å²) < 4.78 is 0. The SMILES string of the molecule is CC(C)[C@@H]1CCCN1C(=O)CC(C)(C)CC(=O)O. The van der Waals surface area contributed by atoms with Crippen LogP contribution in [-0.2, 0) is 9.59 Å². The van der Waals surface area contributed by atoms with Crippen LogP contribution in [0.5, 0.6) is 0 Å². The van der Waals surface area contributed by atoms with Crippen molar-refractivity contribution >= 4 is 11.9 Å². The van der Waals surface area contributed by atoms with E-state index in [1.54, 1.807) is 0 Å². The summed E-state index contributed by atoms with van der Waals surface area (Å²) in [7, 11) is 0.